The van der Waals surface area contributed by atoms with E-state index in [0.29, 0.717) is 35.3 Å². The van der Waals surface area contributed by atoms with Crippen molar-refractivity contribution >= 4 is 31.8 Å². The lowest BCUT2D eigenvalue weighted by Gasteiger charge is -2.62. The summed E-state index contributed by atoms with van der Waals surface area (Å²) in [5, 5.41) is 17.1. The Labute approximate surface area is 265 Å². The fourth-order valence-corrected chi connectivity index (χ4v) is 9.79. The highest BCUT2D eigenvalue weighted by atomic mass is 32.2. The first-order chi connectivity index (χ1) is 20.4. The van der Waals surface area contributed by atoms with Crippen LogP contribution in [0.15, 0.2) is 35.4 Å². The van der Waals surface area contributed by atoms with Gasteiger partial charge in [0.05, 0.1) is 6.20 Å². The summed E-state index contributed by atoms with van der Waals surface area (Å²) in [6.45, 7) is 15.2. The molecular formula is C34H52N6OSSi. The number of nitrogens with one attached hydrogen (secondary N) is 2. The van der Waals surface area contributed by atoms with Crippen LogP contribution in [0.25, 0.3) is 0 Å². The van der Waals surface area contributed by atoms with Crippen molar-refractivity contribution in [3.05, 3.63) is 41.6 Å². The second-order valence-corrected chi connectivity index (χ2v) is 20.6. The van der Waals surface area contributed by atoms with Gasteiger partial charge in [0.25, 0.3) is 0 Å². The Balaban J connectivity index is 1.18. The number of anilines is 2. The molecule has 0 aliphatic heterocycles. The van der Waals surface area contributed by atoms with Crippen molar-refractivity contribution in [3.8, 4) is 6.07 Å². The molecule has 7 nitrogen and oxygen atoms in total. The van der Waals surface area contributed by atoms with E-state index < -0.39 is 8.32 Å². The molecule has 1 aromatic heterocycles. The standard InChI is InChI=1S/C34H52N6OSSi/c1-33(2,3)43(6,7)41-14-10-13-40(4)30-26-15-24-16-27(30)19-34(17-24,18-26)23-38-31-28(20-35)22-37-32(39-31)36-21-25-11-8-9-12-29(25)42-5/h8-9,11-12,22,24,26-27,30H,10,13-19,21,23H2,1-7H3,(H2,36,37,38,39)/t24?,26-,27+,30?,34?. The lowest BCUT2D eigenvalue weighted by Crippen LogP contribution is -2.60. The summed E-state index contributed by atoms with van der Waals surface area (Å²) >= 11 is 1.74. The molecule has 9 heteroatoms. The zero-order chi connectivity index (χ0) is 30.8. The van der Waals surface area contributed by atoms with Gasteiger partial charge in [-0.3, -0.25) is 0 Å². The number of hydrogen-bond acceptors (Lipinski definition) is 8. The van der Waals surface area contributed by atoms with Crippen LogP contribution >= 0.6 is 11.8 Å². The Morgan fingerprint density at radius 2 is 1.86 bits per heavy atom. The Bertz CT molecular complexity index is 1290. The summed E-state index contributed by atoms with van der Waals surface area (Å²) in [5.41, 5.74) is 2.02. The molecule has 4 aliphatic rings. The lowest BCUT2D eigenvalue weighted by molar-refractivity contribution is -0.102. The van der Waals surface area contributed by atoms with Gasteiger partial charge in [0, 0.05) is 37.2 Å². The maximum atomic E-state index is 9.81. The summed E-state index contributed by atoms with van der Waals surface area (Å²) in [4.78, 5) is 13.1. The molecule has 2 aromatic rings. The smallest absolute Gasteiger partial charge is 0.224 e. The molecule has 0 amide bonds. The number of rotatable bonds is 13. The van der Waals surface area contributed by atoms with Gasteiger partial charge in [0.1, 0.15) is 17.5 Å². The Morgan fingerprint density at radius 1 is 1.14 bits per heavy atom. The minimum atomic E-state index is -1.68. The van der Waals surface area contributed by atoms with Gasteiger partial charge < -0.3 is 20.0 Å². The van der Waals surface area contributed by atoms with Crippen LogP contribution in [0.4, 0.5) is 11.8 Å². The van der Waals surface area contributed by atoms with E-state index in [1.165, 1.54) is 42.6 Å². The quantitative estimate of drug-likeness (QED) is 0.134. The van der Waals surface area contributed by atoms with Crippen molar-refractivity contribution in [2.75, 3.05) is 43.6 Å². The highest BCUT2D eigenvalue weighted by Gasteiger charge is 2.56. The molecule has 1 heterocycles. The summed E-state index contributed by atoms with van der Waals surface area (Å²) in [7, 11) is 0.673. The van der Waals surface area contributed by atoms with Gasteiger partial charge in [0.2, 0.25) is 5.95 Å². The summed E-state index contributed by atoms with van der Waals surface area (Å²) in [6.07, 6.45) is 11.4. The molecule has 43 heavy (non-hydrogen) atoms. The number of benzene rings is 1. The van der Waals surface area contributed by atoms with E-state index in [4.69, 9.17) is 9.41 Å². The summed E-state index contributed by atoms with van der Waals surface area (Å²) < 4.78 is 6.48. The minimum absolute atomic E-state index is 0.265. The molecule has 3 unspecified atom stereocenters. The number of thioether (sulfide) groups is 1. The normalized spacial score (nSPS) is 26.5. The number of nitrogens with zero attached hydrogens (tertiary/aromatic N) is 4. The third-order valence-corrected chi connectivity index (χ3v) is 16.3. The van der Waals surface area contributed by atoms with Crippen LogP contribution in [0.2, 0.25) is 18.1 Å². The van der Waals surface area contributed by atoms with Gasteiger partial charge >= 0.3 is 0 Å². The van der Waals surface area contributed by atoms with Crippen LogP contribution < -0.4 is 10.6 Å². The molecule has 2 N–H and O–H groups in total. The Hall–Kier alpha value is -2.12. The average molecular weight is 621 g/mol. The molecule has 4 saturated carbocycles. The Morgan fingerprint density at radius 3 is 2.53 bits per heavy atom. The Kier molecular flexibility index (Phi) is 9.82. The molecule has 5 atom stereocenters. The van der Waals surface area contributed by atoms with Gasteiger partial charge in [0.15, 0.2) is 8.32 Å². The van der Waals surface area contributed by atoms with Crippen molar-refractivity contribution in [1.82, 2.24) is 14.9 Å². The topological polar surface area (TPSA) is 86.1 Å². The van der Waals surface area contributed by atoms with E-state index in [1.54, 1.807) is 18.0 Å². The third kappa shape index (κ3) is 7.24. The number of hydrogen-bond donors (Lipinski definition) is 2. The number of nitriles is 1. The molecule has 4 fully saturated rings. The first kappa shape index (κ1) is 32.3. The molecule has 234 valence electrons. The second-order valence-electron chi connectivity index (χ2n) is 15.0. The van der Waals surface area contributed by atoms with E-state index in [-0.39, 0.29) is 5.04 Å². The van der Waals surface area contributed by atoms with E-state index in [2.05, 4.69) is 98.0 Å². The predicted molar refractivity (Wildman–Crippen MR) is 181 cm³/mol. The molecular weight excluding hydrogens is 569 g/mol. The first-order valence-corrected chi connectivity index (χ1v) is 20.3. The van der Waals surface area contributed by atoms with E-state index in [9.17, 15) is 5.26 Å². The monoisotopic (exact) mass is 620 g/mol. The summed E-state index contributed by atoms with van der Waals surface area (Å²) in [5.74, 6) is 3.56. The van der Waals surface area contributed by atoms with Crippen molar-refractivity contribution in [2.45, 2.75) is 94.9 Å². The molecule has 4 bridgehead atoms. The SMILES string of the molecule is CSc1ccccc1CNc1ncc(C#N)c(NCC23CC4C[C@H](C2)C(N(C)CCCO[Si](C)(C)C(C)(C)C)[C@@H](C4)C3)n1. The first-order valence-electron chi connectivity index (χ1n) is 16.1. The summed E-state index contributed by atoms with van der Waals surface area (Å²) in [6, 6.07) is 11.4. The van der Waals surface area contributed by atoms with Crippen molar-refractivity contribution < 1.29 is 4.43 Å². The van der Waals surface area contributed by atoms with Gasteiger partial charge in [-0.2, -0.15) is 10.2 Å². The van der Waals surface area contributed by atoms with Crippen LogP contribution in [0.5, 0.6) is 0 Å². The van der Waals surface area contributed by atoms with Crippen LogP contribution in [0, 0.1) is 34.5 Å². The predicted octanol–water partition coefficient (Wildman–Crippen LogP) is 7.63. The van der Waals surface area contributed by atoms with Gasteiger partial charge in [-0.05, 0) is 105 Å². The second kappa shape index (κ2) is 13.1. The van der Waals surface area contributed by atoms with Crippen molar-refractivity contribution in [1.29, 1.82) is 5.26 Å². The van der Waals surface area contributed by atoms with Gasteiger partial charge in [-0.1, -0.05) is 39.0 Å². The fraction of sp³-hybridized carbons (Fsp3) is 0.676. The van der Waals surface area contributed by atoms with Crippen molar-refractivity contribution in [3.63, 3.8) is 0 Å². The zero-order valence-corrected chi connectivity index (χ0v) is 29.2. The van der Waals surface area contributed by atoms with E-state index >= 15 is 0 Å². The highest BCUT2D eigenvalue weighted by molar-refractivity contribution is 7.98. The maximum absolute atomic E-state index is 9.81. The zero-order valence-electron chi connectivity index (χ0n) is 27.4. The van der Waals surface area contributed by atoms with Crippen molar-refractivity contribution in [2.24, 2.45) is 23.2 Å². The third-order valence-electron chi connectivity index (χ3n) is 11.0. The molecule has 4 aliphatic carbocycles. The van der Waals surface area contributed by atoms with Crippen LogP contribution in [0.3, 0.4) is 0 Å². The van der Waals surface area contributed by atoms with Crippen LogP contribution in [-0.4, -0.2) is 62.2 Å². The highest BCUT2D eigenvalue weighted by Crippen LogP contribution is 2.61. The largest absolute Gasteiger partial charge is 0.417 e. The van der Waals surface area contributed by atoms with Crippen LogP contribution in [0.1, 0.15) is 70.4 Å². The lowest BCUT2D eigenvalue weighted by atomic mass is 9.47. The molecule has 6 rings (SSSR count). The average Bonchev–Trinajstić information content (AvgIpc) is 2.96. The molecule has 1 aromatic carbocycles. The molecule has 0 saturated heterocycles. The fourth-order valence-electron chi connectivity index (χ4n) is 8.09. The number of aromatic nitrogens is 2. The van der Waals surface area contributed by atoms with E-state index in [0.717, 1.165) is 43.9 Å². The molecule has 0 radical (unpaired) electrons. The maximum Gasteiger partial charge on any atom is 0.224 e. The minimum Gasteiger partial charge on any atom is -0.417 e. The van der Waals surface area contributed by atoms with Gasteiger partial charge in [-0.25, -0.2) is 4.98 Å². The van der Waals surface area contributed by atoms with E-state index in [1.807, 2.05) is 0 Å². The van der Waals surface area contributed by atoms with Gasteiger partial charge in [-0.15, -0.1) is 11.8 Å². The van der Waals surface area contributed by atoms with Crippen LogP contribution in [-0.2, 0) is 11.0 Å². The molecule has 0 spiro atoms.